The zero-order valence-electron chi connectivity index (χ0n) is 21.8. The number of pyridine rings is 1. The van der Waals surface area contributed by atoms with E-state index in [4.69, 9.17) is 30.1 Å². The average Bonchev–Trinajstić information content (AvgIpc) is 3.40. The molecule has 5 aromatic rings. The SMILES string of the molecule is COc1ccccc1Oc1c(F)c(Oc2cccc(-c3nccn3C)c2)nc(Oc2cc(C(=N)N)ccc2O)c1F. The van der Waals surface area contributed by atoms with Crippen molar-refractivity contribution in [2.24, 2.45) is 12.8 Å². The van der Waals surface area contributed by atoms with Crippen LogP contribution in [0.4, 0.5) is 8.78 Å². The fourth-order valence-corrected chi connectivity index (χ4v) is 3.84. The molecule has 12 heteroatoms. The summed E-state index contributed by atoms with van der Waals surface area (Å²) in [6.45, 7) is 0. The van der Waals surface area contributed by atoms with Crippen molar-refractivity contribution in [1.29, 1.82) is 5.41 Å². The van der Waals surface area contributed by atoms with E-state index >= 15 is 8.78 Å². The van der Waals surface area contributed by atoms with E-state index in [-0.39, 0.29) is 34.4 Å². The van der Waals surface area contributed by atoms with Crippen molar-refractivity contribution < 1.29 is 32.8 Å². The molecule has 0 saturated carbocycles. The lowest BCUT2D eigenvalue weighted by molar-refractivity contribution is 0.322. The zero-order valence-corrected chi connectivity index (χ0v) is 21.8. The third-order valence-electron chi connectivity index (χ3n) is 5.86. The van der Waals surface area contributed by atoms with E-state index in [1.165, 1.54) is 31.4 Å². The highest BCUT2D eigenvalue weighted by Gasteiger charge is 2.27. The number of nitrogens with one attached hydrogen (secondary N) is 1. The van der Waals surface area contributed by atoms with E-state index in [1.54, 1.807) is 59.4 Å². The zero-order chi connectivity index (χ0) is 29.1. The van der Waals surface area contributed by atoms with Gasteiger partial charge < -0.3 is 34.4 Å². The predicted molar refractivity (Wildman–Crippen MR) is 145 cm³/mol. The molecule has 0 atom stereocenters. The van der Waals surface area contributed by atoms with Crippen molar-refractivity contribution in [3.63, 3.8) is 0 Å². The first-order valence-corrected chi connectivity index (χ1v) is 12.1. The summed E-state index contributed by atoms with van der Waals surface area (Å²) in [6.07, 6.45) is 3.40. The van der Waals surface area contributed by atoms with Crippen LogP contribution in [0.3, 0.4) is 0 Å². The number of para-hydroxylation sites is 2. The van der Waals surface area contributed by atoms with Crippen molar-refractivity contribution in [3.8, 4) is 57.6 Å². The highest BCUT2D eigenvalue weighted by atomic mass is 19.1. The topological polar surface area (TPSA) is 138 Å². The number of halogens is 2. The molecular formula is C29H23F2N5O5. The number of phenolic OH excluding ortho intramolecular Hbond substituents is 1. The van der Waals surface area contributed by atoms with E-state index < -0.39 is 34.9 Å². The van der Waals surface area contributed by atoms with Gasteiger partial charge in [0.2, 0.25) is 17.4 Å². The molecule has 208 valence electrons. The molecule has 0 aliphatic rings. The minimum atomic E-state index is -1.32. The van der Waals surface area contributed by atoms with Gasteiger partial charge in [-0.2, -0.15) is 13.8 Å². The molecule has 0 aliphatic carbocycles. The van der Waals surface area contributed by atoms with Gasteiger partial charge in [-0.25, -0.2) is 4.98 Å². The van der Waals surface area contributed by atoms with Crippen LogP contribution in [0, 0.1) is 17.0 Å². The number of aryl methyl sites for hydroxylation is 1. The molecule has 2 aromatic heterocycles. The molecule has 0 saturated heterocycles. The molecular weight excluding hydrogens is 536 g/mol. The molecule has 0 unspecified atom stereocenters. The summed E-state index contributed by atoms with van der Waals surface area (Å²) in [5, 5.41) is 17.9. The monoisotopic (exact) mass is 559 g/mol. The summed E-state index contributed by atoms with van der Waals surface area (Å²) in [5.74, 6) is -4.92. The minimum Gasteiger partial charge on any atom is -0.504 e. The number of nitrogens with zero attached hydrogens (tertiary/aromatic N) is 3. The van der Waals surface area contributed by atoms with E-state index in [0.717, 1.165) is 0 Å². The Morgan fingerprint density at radius 3 is 2.32 bits per heavy atom. The number of imidazole rings is 1. The van der Waals surface area contributed by atoms with Gasteiger partial charge in [0.05, 0.1) is 7.11 Å². The largest absolute Gasteiger partial charge is 0.504 e. The number of amidine groups is 1. The molecule has 0 aliphatic heterocycles. The number of nitrogen functional groups attached to an aromatic ring is 1. The summed E-state index contributed by atoms with van der Waals surface area (Å²) in [5.41, 5.74) is 6.39. The standard InChI is InChI=1S/C29H23F2N5O5/c1-36-13-12-34-27(36)17-6-5-7-18(14-17)39-28-23(30)25(40-21-9-4-3-8-20(21)38-2)24(31)29(35-28)41-22-15-16(26(32)33)10-11-19(22)37/h3-15,37H,1-2H3,(H3,32,33). The van der Waals surface area contributed by atoms with Crippen LogP contribution >= 0.6 is 0 Å². The van der Waals surface area contributed by atoms with Gasteiger partial charge in [-0.05, 0) is 42.5 Å². The maximum absolute atomic E-state index is 15.8. The van der Waals surface area contributed by atoms with E-state index in [0.29, 0.717) is 11.4 Å². The molecule has 0 fully saturated rings. The van der Waals surface area contributed by atoms with Crippen LogP contribution in [-0.4, -0.2) is 32.6 Å². The summed E-state index contributed by atoms with van der Waals surface area (Å²) in [7, 11) is 3.20. The fraction of sp³-hybridized carbons (Fsp3) is 0.0690. The number of hydrogen-bond acceptors (Lipinski definition) is 8. The highest BCUT2D eigenvalue weighted by Crippen LogP contribution is 2.42. The molecule has 2 heterocycles. The Hall–Kier alpha value is -5.65. The van der Waals surface area contributed by atoms with Crippen molar-refractivity contribution in [2.45, 2.75) is 0 Å². The van der Waals surface area contributed by atoms with Gasteiger partial charge in [0.25, 0.3) is 11.8 Å². The second-order valence-corrected chi connectivity index (χ2v) is 8.62. The van der Waals surface area contributed by atoms with Gasteiger partial charge in [-0.15, -0.1) is 0 Å². The minimum absolute atomic E-state index is 0.00843. The maximum Gasteiger partial charge on any atom is 0.263 e. The number of aromatic nitrogens is 3. The molecule has 41 heavy (non-hydrogen) atoms. The second-order valence-electron chi connectivity index (χ2n) is 8.62. The van der Waals surface area contributed by atoms with Crippen molar-refractivity contribution in [3.05, 3.63) is 96.3 Å². The maximum atomic E-state index is 15.8. The Bertz CT molecular complexity index is 1760. The summed E-state index contributed by atoms with van der Waals surface area (Å²) >= 11 is 0. The van der Waals surface area contributed by atoms with Crippen LogP contribution in [0.1, 0.15) is 5.56 Å². The van der Waals surface area contributed by atoms with Crippen molar-refractivity contribution >= 4 is 5.84 Å². The van der Waals surface area contributed by atoms with E-state index in [9.17, 15) is 5.11 Å². The van der Waals surface area contributed by atoms with E-state index in [2.05, 4.69) is 9.97 Å². The van der Waals surface area contributed by atoms with Gasteiger partial charge in [0.1, 0.15) is 17.4 Å². The lowest BCUT2D eigenvalue weighted by Gasteiger charge is -2.16. The lowest BCUT2D eigenvalue weighted by Crippen LogP contribution is -2.11. The predicted octanol–water partition coefficient (Wildman–Crippen LogP) is 6.14. The molecule has 0 spiro atoms. The Labute approximate surface area is 232 Å². The van der Waals surface area contributed by atoms with E-state index in [1.807, 2.05) is 7.05 Å². The number of rotatable bonds is 9. The fourth-order valence-electron chi connectivity index (χ4n) is 3.84. The molecule has 0 amide bonds. The molecule has 0 bridgehead atoms. The lowest BCUT2D eigenvalue weighted by atomic mass is 10.2. The van der Waals surface area contributed by atoms with Crippen LogP contribution < -0.4 is 24.7 Å². The summed E-state index contributed by atoms with van der Waals surface area (Å²) in [6, 6.07) is 16.7. The van der Waals surface area contributed by atoms with Gasteiger partial charge in [0.15, 0.2) is 23.0 Å². The van der Waals surface area contributed by atoms with Gasteiger partial charge in [-0.3, -0.25) is 5.41 Å². The van der Waals surface area contributed by atoms with Crippen molar-refractivity contribution in [1.82, 2.24) is 14.5 Å². The van der Waals surface area contributed by atoms with Crippen LogP contribution in [0.25, 0.3) is 11.4 Å². The smallest absolute Gasteiger partial charge is 0.263 e. The van der Waals surface area contributed by atoms with Crippen molar-refractivity contribution in [2.75, 3.05) is 7.11 Å². The van der Waals surface area contributed by atoms with Crippen LogP contribution in [0.5, 0.6) is 46.3 Å². The third-order valence-corrected chi connectivity index (χ3v) is 5.86. The number of phenols is 1. The van der Waals surface area contributed by atoms with Gasteiger partial charge in [0, 0.05) is 30.6 Å². The molecule has 5 rings (SSSR count). The Morgan fingerprint density at radius 1 is 0.902 bits per heavy atom. The van der Waals surface area contributed by atoms with Crippen LogP contribution in [0.15, 0.2) is 79.1 Å². The second kappa shape index (κ2) is 11.2. The Morgan fingerprint density at radius 2 is 1.63 bits per heavy atom. The van der Waals surface area contributed by atoms with Gasteiger partial charge >= 0.3 is 0 Å². The third kappa shape index (κ3) is 5.57. The molecule has 0 radical (unpaired) electrons. The first-order valence-electron chi connectivity index (χ1n) is 12.1. The van der Waals surface area contributed by atoms with Crippen LogP contribution in [0.2, 0.25) is 0 Å². The molecule has 10 nitrogen and oxygen atoms in total. The van der Waals surface area contributed by atoms with Crippen LogP contribution in [-0.2, 0) is 7.05 Å². The first kappa shape index (κ1) is 26.9. The van der Waals surface area contributed by atoms with Gasteiger partial charge in [-0.1, -0.05) is 24.3 Å². The first-order chi connectivity index (χ1) is 19.7. The number of ether oxygens (including phenoxy) is 4. The number of methoxy groups -OCH3 is 1. The number of aromatic hydroxyl groups is 1. The number of benzene rings is 3. The summed E-state index contributed by atoms with van der Waals surface area (Å²) < 4.78 is 55.4. The summed E-state index contributed by atoms with van der Waals surface area (Å²) in [4.78, 5) is 8.21. The number of nitrogens with two attached hydrogens (primary N) is 1. The normalized spacial score (nSPS) is 10.7. The number of hydrogen-bond donors (Lipinski definition) is 3. The molecule has 3 aromatic carbocycles. The average molecular weight is 560 g/mol. The highest BCUT2D eigenvalue weighted by molar-refractivity contribution is 5.95. The quantitative estimate of drug-likeness (QED) is 0.145. The molecule has 4 N–H and O–H groups in total. The Balaban J connectivity index is 1.60. The Kier molecular flexibility index (Phi) is 7.37.